The predicted molar refractivity (Wildman–Crippen MR) is 106 cm³/mol. The Morgan fingerprint density at radius 2 is 1.81 bits per heavy atom. The monoisotopic (exact) mass is 368 g/mol. The van der Waals surface area contributed by atoms with E-state index in [0.29, 0.717) is 12.5 Å². The Morgan fingerprint density at radius 3 is 2.58 bits per heavy atom. The molecule has 3 rings (SSSR count). The molecule has 0 amide bonds. The average Bonchev–Trinajstić information content (AvgIpc) is 2.68. The van der Waals surface area contributed by atoms with E-state index in [9.17, 15) is 0 Å². The molecule has 0 saturated heterocycles. The van der Waals surface area contributed by atoms with Crippen molar-refractivity contribution in [3.05, 3.63) is 76.9 Å². The van der Waals surface area contributed by atoms with Crippen LogP contribution in [0.15, 0.2) is 60.8 Å². The number of methoxy groups -OCH3 is 1. The molecular weight excluding hydrogens is 348 g/mol. The molecule has 0 aliphatic heterocycles. The molecule has 0 radical (unpaired) electrons. The van der Waals surface area contributed by atoms with Crippen LogP contribution in [-0.4, -0.2) is 23.6 Å². The molecule has 26 heavy (non-hydrogen) atoms. The van der Waals surface area contributed by atoms with Gasteiger partial charge in [0.25, 0.3) is 0 Å². The maximum absolute atomic E-state index is 6.17. The predicted octanol–water partition coefficient (Wildman–Crippen LogP) is 4.41. The van der Waals surface area contributed by atoms with E-state index in [2.05, 4.69) is 32.7 Å². The van der Waals surface area contributed by atoms with E-state index in [1.54, 1.807) is 13.3 Å². The summed E-state index contributed by atoms with van der Waals surface area (Å²) in [5.41, 5.74) is 2.26. The van der Waals surface area contributed by atoms with Crippen LogP contribution in [0.5, 0.6) is 5.75 Å². The number of nitrogens with one attached hydrogen (secondary N) is 2. The lowest BCUT2D eigenvalue weighted by atomic mass is 10.1. The maximum atomic E-state index is 6.17. The van der Waals surface area contributed by atoms with E-state index in [1.807, 2.05) is 42.5 Å². The van der Waals surface area contributed by atoms with Gasteiger partial charge in [-0.1, -0.05) is 41.9 Å². The van der Waals surface area contributed by atoms with Crippen LogP contribution >= 0.6 is 11.6 Å². The summed E-state index contributed by atoms with van der Waals surface area (Å²) in [7, 11) is 1.67. The van der Waals surface area contributed by atoms with E-state index in [4.69, 9.17) is 16.3 Å². The average molecular weight is 369 g/mol. The van der Waals surface area contributed by atoms with Crippen LogP contribution in [0.4, 0.5) is 11.8 Å². The first-order valence-corrected chi connectivity index (χ1v) is 8.79. The van der Waals surface area contributed by atoms with Crippen molar-refractivity contribution in [3.8, 4) is 5.75 Å². The molecule has 1 aromatic heterocycles. The highest BCUT2D eigenvalue weighted by Gasteiger charge is 2.02. The van der Waals surface area contributed by atoms with Crippen LogP contribution in [0.25, 0.3) is 0 Å². The van der Waals surface area contributed by atoms with E-state index in [-0.39, 0.29) is 0 Å². The summed E-state index contributed by atoms with van der Waals surface area (Å²) in [6.07, 6.45) is 2.61. The Kier molecular flexibility index (Phi) is 6.28. The number of hydrogen-bond acceptors (Lipinski definition) is 5. The van der Waals surface area contributed by atoms with Crippen molar-refractivity contribution in [2.45, 2.75) is 13.0 Å². The van der Waals surface area contributed by atoms with Gasteiger partial charge in [-0.05, 0) is 41.8 Å². The molecule has 3 aromatic rings. The molecule has 5 nitrogen and oxygen atoms in total. The van der Waals surface area contributed by atoms with Crippen LogP contribution in [-0.2, 0) is 13.0 Å². The van der Waals surface area contributed by atoms with Gasteiger partial charge in [0.1, 0.15) is 11.6 Å². The van der Waals surface area contributed by atoms with Crippen LogP contribution in [0.2, 0.25) is 5.02 Å². The molecule has 2 N–H and O–H groups in total. The van der Waals surface area contributed by atoms with Gasteiger partial charge in [0.15, 0.2) is 0 Å². The molecule has 6 heteroatoms. The Morgan fingerprint density at radius 1 is 1.00 bits per heavy atom. The van der Waals surface area contributed by atoms with Crippen molar-refractivity contribution in [3.63, 3.8) is 0 Å². The highest BCUT2D eigenvalue weighted by molar-refractivity contribution is 6.31. The molecule has 0 fully saturated rings. The van der Waals surface area contributed by atoms with Crippen LogP contribution in [0, 0.1) is 0 Å². The largest absolute Gasteiger partial charge is 0.497 e. The van der Waals surface area contributed by atoms with Crippen molar-refractivity contribution in [1.29, 1.82) is 0 Å². The Hall–Kier alpha value is -2.79. The number of aromatic nitrogens is 2. The van der Waals surface area contributed by atoms with Crippen molar-refractivity contribution in [2.75, 3.05) is 24.3 Å². The Bertz CT molecular complexity index is 839. The number of halogens is 1. The zero-order chi connectivity index (χ0) is 18.2. The second kappa shape index (κ2) is 9.06. The first-order valence-electron chi connectivity index (χ1n) is 8.42. The number of rotatable bonds is 8. The smallest absolute Gasteiger partial charge is 0.224 e. The zero-order valence-corrected chi connectivity index (χ0v) is 15.3. The van der Waals surface area contributed by atoms with Crippen LogP contribution in [0.3, 0.4) is 0 Å². The molecule has 0 saturated carbocycles. The van der Waals surface area contributed by atoms with Crippen molar-refractivity contribution in [1.82, 2.24) is 9.97 Å². The lowest BCUT2D eigenvalue weighted by Gasteiger charge is -2.09. The van der Waals surface area contributed by atoms with Gasteiger partial charge in [0.2, 0.25) is 5.95 Å². The number of hydrogen-bond donors (Lipinski definition) is 2. The van der Waals surface area contributed by atoms with Gasteiger partial charge in [-0.25, -0.2) is 4.98 Å². The third-order valence-corrected chi connectivity index (χ3v) is 4.30. The molecule has 0 aliphatic rings. The van der Waals surface area contributed by atoms with Gasteiger partial charge in [-0.2, -0.15) is 4.98 Å². The fourth-order valence-electron chi connectivity index (χ4n) is 2.48. The SMILES string of the molecule is COc1ccc(CCNc2nccc(NCc3ccccc3Cl)n2)cc1. The quantitative estimate of drug-likeness (QED) is 0.617. The minimum atomic E-state index is 0.600. The van der Waals surface area contributed by atoms with Gasteiger partial charge < -0.3 is 15.4 Å². The summed E-state index contributed by atoms with van der Waals surface area (Å²) >= 11 is 6.17. The summed E-state index contributed by atoms with van der Waals surface area (Å²) in [6.45, 7) is 1.36. The third-order valence-electron chi connectivity index (χ3n) is 3.93. The topological polar surface area (TPSA) is 59.1 Å². The standard InChI is InChI=1S/C20H21ClN4O/c1-26-17-8-6-15(7-9-17)10-12-22-20-23-13-11-19(25-20)24-14-16-4-2-3-5-18(16)21/h2-9,11,13H,10,12,14H2,1H3,(H2,22,23,24,25). The minimum Gasteiger partial charge on any atom is -0.497 e. The maximum Gasteiger partial charge on any atom is 0.224 e. The molecule has 0 bridgehead atoms. The van der Waals surface area contributed by atoms with Gasteiger partial charge in [0.05, 0.1) is 7.11 Å². The molecule has 0 spiro atoms. The molecule has 134 valence electrons. The number of nitrogens with zero attached hydrogens (tertiary/aromatic N) is 2. The molecule has 1 heterocycles. The van der Waals surface area contributed by atoms with E-state index < -0.39 is 0 Å². The summed E-state index contributed by atoms with van der Waals surface area (Å²) in [5.74, 6) is 2.22. The second-order valence-corrected chi connectivity index (χ2v) is 6.14. The lowest BCUT2D eigenvalue weighted by molar-refractivity contribution is 0.414. The van der Waals surface area contributed by atoms with Crippen molar-refractivity contribution >= 4 is 23.4 Å². The summed E-state index contributed by atoms with van der Waals surface area (Å²) in [4.78, 5) is 8.74. The summed E-state index contributed by atoms with van der Waals surface area (Å²) in [5, 5.41) is 7.27. The minimum absolute atomic E-state index is 0.600. The van der Waals surface area contributed by atoms with Crippen LogP contribution in [0.1, 0.15) is 11.1 Å². The summed E-state index contributed by atoms with van der Waals surface area (Å²) < 4.78 is 5.17. The van der Waals surface area contributed by atoms with Gasteiger partial charge in [-0.3, -0.25) is 0 Å². The molecule has 2 aromatic carbocycles. The fourth-order valence-corrected chi connectivity index (χ4v) is 2.68. The van der Waals surface area contributed by atoms with Crippen LogP contribution < -0.4 is 15.4 Å². The lowest BCUT2D eigenvalue weighted by Crippen LogP contribution is -2.09. The molecular formula is C20H21ClN4O. The zero-order valence-electron chi connectivity index (χ0n) is 14.6. The first kappa shape index (κ1) is 18.0. The van der Waals surface area contributed by atoms with Gasteiger partial charge in [-0.15, -0.1) is 0 Å². The Labute approximate surface area is 158 Å². The first-order chi connectivity index (χ1) is 12.7. The molecule has 0 atom stereocenters. The summed E-state index contributed by atoms with van der Waals surface area (Å²) in [6, 6.07) is 17.6. The van der Waals surface area contributed by atoms with E-state index in [1.165, 1.54) is 5.56 Å². The second-order valence-electron chi connectivity index (χ2n) is 5.74. The normalized spacial score (nSPS) is 10.4. The molecule has 0 unspecified atom stereocenters. The molecule has 0 aliphatic carbocycles. The van der Waals surface area contributed by atoms with Gasteiger partial charge >= 0.3 is 0 Å². The van der Waals surface area contributed by atoms with Gasteiger partial charge in [0, 0.05) is 24.3 Å². The third kappa shape index (κ3) is 5.10. The fraction of sp³-hybridized carbons (Fsp3) is 0.200. The Balaban J connectivity index is 1.51. The van der Waals surface area contributed by atoms with Crippen molar-refractivity contribution < 1.29 is 4.74 Å². The number of benzene rings is 2. The number of anilines is 2. The van der Waals surface area contributed by atoms with E-state index in [0.717, 1.165) is 35.1 Å². The highest BCUT2D eigenvalue weighted by Crippen LogP contribution is 2.16. The van der Waals surface area contributed by atoms with Crippen molar-refractivity contribution in [2.24, 2.45) is 0 Å². The highest BCUT2D eigenvalue weighted by atomic mass is 35.5. The van der Waals surface area contributed by atoms with E-state index >= 15 is 0 Å². The number of ether oxygens (including phenoxy) is 1.